The molecule has 90 valence electrons. The summed E-state index contributed by atoms with van der Waals surface area (Å²) in [6.07, 6.45) is 0.884. The van der Waals surface area contributed by atoms with E-state index in [0.29, 0.717) is 6.61 Å². The maximum Gasteiger partial charge on any atom is 0.314 e. The van der Waals surface area contributed by atoms with Gasteiger partial charge in [0.05, 0.1) is 12.7 Å². The van der Waals surface area contributed by atoms with Crippen molar-refractivity contribution in [1.29, 1.82) is 0 Å². The Balaban J connectivity index is 2.09. The van der Waals surface area contributed by atoms with E-state index in [0.717, 1.165) is 23.3 Å². The molecule has 4 heteroatoms. The summed E-state index contributed by atoms with van der Waals surface area (Å²) in [7, 11) is 0. The quantitative estimate of drug-likeness (QED) is 0.804. The zero-order valence-electron chi connectivity index (χ0n) is 9.35. The van der Waals surface area contributed by atoms with Gasteiger partial charge >= 0.3 is 5.97 Å². The van der Waals surface area contributed by atoms with Crippen LogP contribution in [0, 0.1) is 0 Å². The van der Waals surface area contributed by atoms with Crippen LogP contribution in [0.25, 0.3) is 0 Å². The first-order valence-electron chi connectivity index (χ1n) is 5.80. The highest BCUT2D eigenvalue weighted by Crippen LogP contribution is 2.49. The van der Waals surface area contributed by atoms with Crippen LogP contribution < -0.4 is 4.74 Å². The van der Waals surface area contributed by atoms with Crippen LogP contribution in [0.2, 0.25) is 0 Å². The van der Waals surface area contributed by atoms with Gasteiger partial charge in [-0.2, -0.15) is 0 Å². The molecule has 0 spiro atoms. The summed E-state index contributed by atoms with van der Waals surface area (Å²) >= 11 is 0. The summed E-state index contributed by atoms with van der Waals surface area (Å²) in [5.41, 5.74) is 0.851. The van der Waals surface area contributed by atoms with Gasteiger partial charge in [0.25, 0.3) is 0 Å². The van der Waals surface area contributed by atoms with Crippen LogP contribution in [-0.2, 0) is 16.6 Å². The number of aliphatic carboxylic acids is 1. The Hall–Kier alpha value is -1.55. The maximum atomic E-state index is 11.5. The van der Waals surface area contributed by atoms with Gasteiger partial charge < -0.3 is 14.9 Å². The number of carboxylic acid groups (broad SMARTS) is 1. The van der Waals surface area contributed by atoms with Crippen LogP contribution in [0.4, 0.5) is 0 Å². The number of hydrogen-bond acceptors (Lipinski definition) is 3. The second kappa shape index (κ2) is 3.47. The summed E-state index contributed by atoms with van der Waals surface area (Å²) in [6, 6.07) is 5.65. The van der Waals surface area contributed by atoms with Crippen LogP contribution in [0.15, 0.2) is 18.2 Å². The molecule has 1 aliphatic heterocycles. The van der Waals surface area contributed by atoms with Crippen LogP contribution in [0.5, 0.6) is 5.75 Å². The lowest BCUT2D eigenvalue weighted by molar-refractivity contribution is -0.153. The van der Waals surface area contributed by atoms with Gasteiger partial charge in [0.15, 0.2) is 0 Å². The zero-order valence-corrected chi connectivity index (χ0v) is 9.35. The standard InChI is InChI=1S/C13H14O4/c14-9-6-13(7-9,12(15)16)10-3-1-2-8-4-5-17-11(8)10/h1-3,9,14H,4-7H2,(H,15,16). The minimum atomic E-state index is -0.949. The number of aliphatic hydroxyl groups excluding tert-OH is 1. The molecule has 0 atom stereocenters. The average molecular weight is 234 g/mol. The average Bonchev–Trinajstić information content (AvgIpc) is 2.71. The minimum Gasteiger partial charge on any atom is -0.493 e. The monoisotopic (exact) mass is 234 g/mol. The number of aliphatic hydroxyl groups is 1. The molecule has 0 saturated heterocycles. The first-order chi connectivity index (χ1) is 8.13. The highest BCUT2D eigenvalue weighted by Gasteiger charge is 2.53. The van der Waals surface area contributed by atoms with E-state index in [2.05, 4.69) is 0 Å². The molecule has 2 N–H and O–H groups in total. The van der Waals surface area contributed by atoms with E-state index >= 15 is 0 Å². The lowest BCUT2D eigenvalue weighted by atomic mass is 9.62. The predicted octanol–water partition coefficient (Wildman–Crippen LogP) is 1.10. The molecule has 17 heavy (non-hydrogen) atoms. The van der Waals surface area contributed by atoms with Crippen molar-refractivity contribution >= 4 is 5.97 Å². The fourth-order valence-corrected chi connectivity index (χ4v) is 2.85. The fourth-order valence-electron chi connectivity index (χ4n) is 2.85. The van der Waals surface area contributed by atoms with Crippen LogP contribution in [0.3, 0.4) is 0 Å². The predicted molar refractivity (Wildman–Crippen MR) is 60.2 cm³/mol. The molecule has 0 unspecified atom stereocenters. The Morgan fingerprint density at radius 3 is 2.82 bits per heavy atom. The van der Waals surface area contributed by atoms with E-state index in [1.165, 1.54) is 0 Å². The summed E-state index contributed by atoms with van der Waals surface area (Å²) in [5, 5.41) is 18.9. The van der Waals surface area contributed by atoms with Gasteiger partial charge in [0.2, 0.25) is 0 Å². The molecule has 1 heterocycles. The van der Waals surface area contributed by atoms with Gasteiger partial charge in [0.1, 0.15) is 11.2 Å². The first-order valence-corrected chi connectivity index (χ1v) is 5.80. The number of carboxylic acids is 1. The van der Waals surface area contributed by atoms with E-state index < -0.39 is 17.5 Å². The number of fused-ring (bicyclic) bond motifs is 1. The number of ether oxygens (including phenoxy) is 1. The van der Waals surface area contributed by atoms with Crippen molar-refractivity contribution in [2.24, 2.45) is 0 Å². The van der Waals surface area contributed by atoms with E-state index in [1.54, 1.807) is 0 Å². The molecule has 4 nitrogen and oxygen atoms in total. The second-order valence-corrected chi connectivity index (χ2v) is 4.84. The Bertz CT molecular complexity index is 474. The number of para-hydroxylation sites is 1. The molecule has 1 saturated carbocycles. The fraction of sp³-hybridized carbons (Fsp3) is 0.462. The minimum absolute atomic E-state index is 0.280. The maximum absolute atomic E-state index is 11.5. The Kier molecular flexibility index (Phi) is 2.16. The van der Waals surface area contributed by atoms with Gasteiger partial charge in [-0.15, -0.1) is 0 Å². The molecular formula is C13H14O4. The van der Waals surface area contributed by atoms with E-state index in [1.807, 2.05) is 18.2 Å². The van der Waals surface area contributed by atoms with E-state index in [9.17, 15) is 15.0 Å². The van der Waals surface area contributed by atoms with Crippen molar-refractivity contribution < 1.29 is 19.7 Å². The van der Waals surface area contributed by atoms with Crippen molar-refractivity contribution in [2.75, 3.05) is 6.61 Å². The summed E-state index contributed by atoms with van der Waals surface area (Å²) in [6.45, 7) is 0.616. The summed E-state index contributed by atoms with van der Waals surface area (Å²) < 4.78 is 5.55. The van der Waals surface area contributed by atoms with E-state index in [4.69, 9.17) is 4.74 Å². The van der Waals surface area contributed by atoms with Crippen LogP contribution >= 0.6 is 0 Å². The Morgan fingerprint density at radius 2 is 2.18 bits per heavy atom. The SMILES string of the molecule is O=C(O)C1(c2cccc3c2OCC3)CC(O)C1. The largest absolute Gasteiger partial charge is 0.493 e. The molecule has 1 aromatic carbocycles. The molecule has 1 aromatic rings. The second-order valence-electron chi connectivity index (χ2n) is 4.84. The third-order valence-corrected chi connectivity index (χ3v) is 3.81. The lowest BCUT2D eigenvalue weighted by Crippen LogP contribution is -2.50. The zero-order chi connectivity index (χ0) is 12.0. The molecule has 0 bridgehead atoms. The third-order valence-electron chi connectivity index (χ3n) is 3.81. The first kappa shape index (κ1) is 10.6. The van der Waals surface area contributed by atoms with E-state index in [-0.39, 0.29) is 12.8 Å². The molecular weight excluding hydrogens is 220 g/mol. The molecule has 1 aliphatic carbocycles. The highest BCUT2D eigenvalue weighted by molar-refractivity contribution is 5.84. The van der Waals surface area contributed by atoms with Crippen LogP contribution in [0.1, 0.15) is 24.0 Å². The van der Waals surface area contributed by atoms with Crippen molar-refractivity contribution in [2.45, 2.75) is 30.8 Å². The molecule has 2 aliphatic rings. The van der Waals surface area contributed by atoms with Crippen molar-refractivity contribution in [3.05, 3.63) is 29.3 Å². The van der Waals surface area contributed by atoms with Crippen molar-refractivity contribution in [1.82, 2.24) is 0 Å². The number of benzene rings is 1. The Morgan fingerprint density at radius 1 is 1.41 bits per heavy atom. The van der Waals surface area contributed by atoms with Crippen LogP contribution in [-0.4, -0.2) is 28.9 Å². The van der Waals surface area contributed by atoms with Gasteiger partial charge in [-0.3, -0.25) is 4.79 Å². The van der Waals surface area contributed by atoms with Gasteiger partial charge in [0, 0.05) is 12.0 Å². The van der Waals surface area contributed by atoms with Crippen molar-refractivity contribution in [3.63, 3.8) is 0 Å². The topological polar surface area (TPSA) is 66.8 Å². The smallest absolute Gasteiger partial charge is 0.314 e. The molecule has 1 fully saturated rings. The molecule has 0 aromatic heterocycles. The van der Waals surface area contributed by atoms with Gasteiger partial charge in [-0.25, -0.2) is 0 Å². The summed E-state index contributed by atoms with van der Waals surface area (Å²) in [4.78, 5) is 11.5. The normalized spacial score (nSPS) is 30.3. The number of carbonyl (C=O) groups is 1. The number of hydrogen-bond donors (Lipinski definition) is 2. The third kappa shape index (κ3) is 1.37. The highest BCUT2D eigenvalue weighted by atomic mass is 16.5. The summed E-state index contributed by atoms with van der Waals surface area (Å²) in [5.74, 6) is -0.145. The van der Waals surface area contributed by atoms with Gasteiger partial charge in [-0.05, 0) is 18.4 Å². The van der Waals surface area contributed by atoms with Crippen molar-refractivity contribution in [3.8, 4) is 5.75 Å². The number of rotatable bonds is 2. The molecule has 0 amide bonds. The van der Waals surface area contributed by atoms with Gasteiger partial charge in [-0.1, -0.05) is 18.2 Å². The Labute approximate surface area is 98.8 Å². The lowest BCUT2D eigenvalue weighted by Gasteiger charge is -2.42. The molecule has 0 radical (unpaired) electrons. The molecule has 3 rings (SSSR count).